The summed E-state index contributed by atoms with van der Waals surface area (Å²) < 4.78 is 16.3. The molecule has 0 radical (unpaired) electrons. The van der Waals surface area contributed by atoms with Crippen LogP contribution in [-0.4, -0.2) is 78.5 Å². The van der Waals surface area contributed by atoms with Crippen molar-refractivity contribution >= 4 is 23.6 Å². The highest BCUT2D eigenvalue weighted by molar-refractivity contribution is 6.22. The van der Waals surface area contributed by atoms with E-state index in [2.05, 4.69) is 5.32 Å². The van der Waals surface area contributed by atoms with E-state index in [9.17, 15) is 29.4 Å². The summed E-state index contributed by atoms with van der Waals surface area (Å²) >= 11 is 0. The van der Waals surface area contributed by atoms with Gasteiger partial charge in [0, 0.05) is 37.4 Å². The minimum atomic E-state index is -1.23. The van der Waals surface area contributed by atoms with Gasteiger partial charge in [0.05, 0.1) is 24.0 Å². The number of allylic oxidation sites excluding steroid dienone is 5. The molecule has 5 N–H and O–H groups in total. The number of aliphatic hydroxyl groups excluding tert-OH is 2. The Hall–Kier alpha value is -3.38. The molecule has 7 atom stereocenters. The highest BCUT2D eigenvalue weighted by Gasteiger charge is 2.35. The molecule has 2 amide bonds. The maximum Gasteiger partial charge on any atom is 0.405 e. The smallest absolute Gasteiger partial charge is 0.405 e. The maximum absolute atomic E-state index is 13.2. The van der Waals surface area contributed by atoms with E-state index in [0.717, 1.165) is 12.2 Å². The summed E-state index contributed by atoms with van der Waals surface area (Å²) in [6.07, 6.45) is 2.21. The molecule has 1 heterocycles. The largest absolute Gasteiger partial charge is 0.439 e. The Kier molecular flexibility index (Phi) is 11.5. The van der Waals surface area contributed by atoms with E-state index in [-0.39, 0.29) is 23.3 Å². The van der Waals surface area contributed by atoms with Crippen molar-refractivity contribution in [2.45, 2.75) is 64.6 Å². The Morgan fingerprint density at radius 3 is 2.31 bits per heavy atom. The zero-order valence-electron chi connectivity index (χ0n) is 23.0. The van der Waals surface area contributed by atoms with Crippen molar-refractivity contribution in [3.05, 3.63) is 58.9 Å². The second-order valence-corrected chi connectivity index (χ2v) is 9.83. The van der Waals surface area contributed by atoms with E-state index in [4.69, 9.17) is 19.9 Å². The highest BCUT2D eigenvalue weighted by atomic mass is 16.6. The van der Waals surface area contributed by atoms with E-state index < -0.39 is 65.9 Å². The van der Waals surface area contributed by atoms with Gasteiger partial charge in [-0.3, -0.25) is 14.4 Å². The second-order valence-electron chi connectivity index (χ2n) is 9.83. The predicted molar refractivity (Wildman–Crippen MR) is 142 cm³/mol. The molecule has 11 nitrogen and oxygen atoms in total. The minimum Gasteiger partial charge on any atom is -0.439 e. The van der Waals surface area contributed by atoms with Gasteiger partial charge in [0.25, 0.3) is 5.91 Å². The van der Waals surface area contributed by atoms with Gasteiger partial charge in [-0.05, 0) is 37.8 Å². The first kappa shape index (κ1) is 31.8. The van der Waals surface area contributed by atoms with Crippen molar-refractivity contribution in [3.8, 4) is 0 Å². The van der Waals surface area contributed by atoms with Crippen LogP contribution in [0.3, 0.4) is 0 Å². The quantitative estimate of drug-likeness (QED) is 0.301. The van der Waals surface area contributed by atoms with Crippen molar-refractivity contribution < 1.29 is 43.6 Å². The number of ether oxygens (including phenoxy) is 3. The number of rotatable bonds is 3. The van der Waals surface area contributed by atoms with Gasteiger partial charge in [-0.2, -0.15) is 0 Å². The van der Waals surface area contributed by atoms with Gasteiger partial charge >= 0.3 is 6.09 Å². The van der Waals surface area contributed by atoms with Crippen LogP contribution in [0.2, 0.25) is 0 Å². The van der Waals surface area contributed by atoms with Gasteiger partial charge in [-0.25, -0.2) is 4.79 Å². The highest BCUT2D eigenvalue weighted by Crippen LogP contribution is 2.28. The van der Waals surface area contributed by atoms with Crippen molar-refractivity contribution in [2.75, 3.05) is 14.2 Å². The lowest BCUT2D eigenvalue weighted by molar-refractivity contribution is -0.120. The summed E-state index contributed by atoms with van der Waals surface area (Å²) in [6, 6.07) is 0. The number of carbonyl (C=O) groups excluding carboxylic acids is 4. The van der Waals surface area contributed by atoms with Crippen molar-refractivity contribution in [1.29, 1.82) is 0 Å². The summed E-state index contributed by atoms with van der Waals surface area (Å²) in [7, 11) is 2.77. The first-order chi connectivity index (χ1) is 18.3. The molecule has 0 saturated heterocycles. The third-order valence-electron chi connectivity index (χ3n) is 6.76. The zero-order valence-corrected chi connectivity index (χ0v) is 23.0. The molecule has 2 bridgehead atoms. The number of carbonyl (C=O) groups is 4. The monoisotopic (exact) mass is 546 g/mol. The van der Waals surface area contributed by atoms with Gasteiger partial charge in [0.1, 0.15) is 6.10 Å². The molecule has 2 rings (SSSR count). The molecule has 0 fully saturated rings. The Bertz CT molecular complexity index is 1120. The molecular formula is C28H38N2O9. The van der Waals surface area contributed by atoms with Gasteiger partial charge < -0.3 is 35.5 Å². The number of nitrogens with one attached hydrogen (secondary N) is 1. The molecule has 1 aliphatic heterocycles. The number of fused-ring (bicyclic) bond motifs is 2. The van der Waals surface area contributed by atoms with Crippen LogP contribution in [-0.2, 0) is 28.6 Å². The fourth-order valence-corrected chi connectivity index (χ4v) is 4.65. The van der Waals surface area contributed by atoms with E-state index in [1.54, 1.807) is 32.9 Å². The molecular weight excluding hydrogens is 508 g/mol. The van der Waals surface area contributed by atoms with Gasteiger partial charge in [-0.1, -0.05) is 38.2 Å². The third kappa shape index (κ3) is 8.30. The fourth-order valence-electron chi connectivity index (χ4n) is 4.65. The summed E-state index contributed by atoms with van der Waals surface area (Å²) in [4.78, 5) is 50.1. The number of aliphatic hydroxyl groups is 2. The molecule has 2 aliphatic rings. The number of hydrogen-bond donors (Lipinski definition) is 4. The predicted octanol–water partition coefficient (Wildman–Crippen LogP) is 1.41. The van der Waals surface area contributed by atoms with Gasteiger partial charge in [0.2, 0.25) is 5.78 Å². The molecule has 1 aliphatic carbocycles. The van der Waals surface area contributed by atoms with Crippen molar-refractivity contribution in [3.63, 3.8) is 0 Å². The topological polar surface area (TPSA) is 174 Å². The molecule has 39 heavy (non-hydrogen) atoms. The standard InChI is InChI=1S/C28H38N2O9/c1-14-8-7-9-22(37-5)26(39-28(29)36)16(3)10-15(2)23(33)21(32)11-17(4)25(38-6)19-12-18(31)13-20(24(19)34)30-27(14)35/h7-10,12-13,15,17,21-23,25-26,32-33H,11H2,1-6H3,(H2,29,36)(H,30,35)/b9-7?,14-8+,16-10?. The number of amides is 2. The number of primary amides is 1. The number of methoxy groups -OCH3 is 2. The summed E-state index contributed by atoms with van der Waals surface area (Å²) in [5, 5.41) is 24.2. The number of ketones is 2. The number of hydrogen-bond acceptors (Lipinski definition) is 9. The van der Waals surface area contributed by atoms with Crippen LogP contribution in [0.5, 0.6) is 0 Å². The number of Topliss-reactive ketones (excluding diaryl/α,β-unsaturated/α-hetero) is 1. The molecule has 11 heteroatoms. The first-order valence-corrected chi connectivity index (χ1v) is 12.5. The normalized spacial score (nSPS) is 32.8. The summed E-state index contributed by atoms with van der Waals surface area (Å²) in [5.74, 6) is -2.80. The zero-order chi connectivity index (χ0) is 29.4. The molecule has 214 valence electrons. The van der Waals surface area contributed by atoms with Crippen LogP contribution in [0.4, 0.5) is 4.79 Å². The fraction of sp³-hybridized carbons (Fsp3) is 0.500. The van der Waals surface area contributed by atoms with E-state index in [1.807, 2.05) is 0 Å². The van der Waals surface area contributed by atoms with Crippen molar-refractivity contribution in [1.82, 2.24) is 5.32 Å². The van der Waals surface area contributed by atoms with Crippen LogP contribution in [0.1, 0.15) is 34.1 Å². The van der Waals surface area contributed by atoms with Crippen LogP contribution < -0.4 is 11.1 Å². The Balaban J connectivity index is 2.58. The summed E-state index contributed by atoms with van der Waals surface area (Å²) in [6.45, 7) is 6.59. The lowest BCUT2D eigenvalue weighted by Gasteiger charge is -2.30. The van der Waals surface area contributed by atoms with E-state index in [1.165, 1.54) is 33.3 Å². The Morgan fingerprint density at radius 2 is 1.72 bits per heavy atom. The minimum absolute atomic E-state index is 0.0214. The van der Waals surface area contributed by atoms with Crippen molar-refractivity contribution in [2.24, 2.45) is 17.6 Å². The van der Waals surface area contributed by atoms with Crippen LogP contribution in [0.25, 0.3) is 0 Å². The molecule has 0 aromatic carbocycles. The molecule has 0 aromatic heterocycles. The average molecular weight is 547 g/mol. The third-order valence-corrected chi connectivity index (χ3v) is 6.76. The van der Waals surface area contributed by atoms with E-state index in [0.29, 0.717) is 5.57 Å². The van der Waals surface area contributed by atoms with Gasteiger partial charge in [-0.15, -0.1) is 0 Å². The first-order valence-electron chi connectivity index (χ1n) is 12.5. The lowest BCUT2D eigenvalue weighted by Crippen LogP contribution is -2.39. The average Bonchev–Trinajstić information content (AvgIpc) is 2.86. The van der Waals surface area contributed by atoms with Crippen LogP contribution in [0, 0.1) is 11.8 Å². The van der Waals surface area contributed by atoms with Crippen LogP contribution >= 0.6 is 0 Å². The molecule has 7 unspecified atom stereocenters. The summed E-state index contributed by atoms with van der Waals surface area (Å²) in [5.41, 5.74) is 5.84. The molecule has 0 saturated carbocycles. The maximum atomic E-state index is 13.2. The second kappa shape index (κ2) is 14.1. The SMILES string of the molecule is COC1C=C/C=C(\C)C(=O)NC2=CC(=O)C=C(C2=O)C(OC)C(C)CC(O)C(O)C(C)C=C(C)C1OC(N)=O. The Morgan fingerprint density at radius 1 is 1.05 bits per heavy atom. The lowest BCUT2D eigenvalue weighted by atomic mass is 9.84. The van der Waals surface area contributed by atoms with E-state index >= 15 is 0 Å². The Labute approximate surface area is 228 Å². The molecule has 0 spiro atoms. The number of nitrogens with two attached hydrogens (primary N) is 1. The van der Waals surface area contributed by atoms with Gasteiger partial charge in [0.15, 0.2) is 11.9 Å². The molecule has 0 aromatic rings. The van der Waals surface area contributed by atoms with Crippen LogP contribution in [0.15, 0.2) is 58.9 Å².